The van der Waals surface area contributed by atoms with Crippen molar-refractivity contribution in [2.45, 2.75) is 32.3 Å². The Morgan fingerprint density at radius 1 is 0.947 bits per heavy atom. The van der Waals surface area contributed by atoms with Crippen molar-refractivity contribution >= 4 is 22.6 Å². The van der Waals surface area contributed by atoms with Gasteiger partial charge in [-0.1, -0.05) is 25.0 Å². The predicted octanol–water partition coefficient (Wildman–Crippen LogP) is 3.34. The van der Waals surface area contributed by atoms with Crippen LogP contribution in [0.5, 0.6) is 0 Å². The number of hydrogen-bond donors (Lipinski definition) is 1. The molecule has 0 radical (unpaired) electrons. The van der Waals surface area contributed by atoms with Crippen molar-refractivity contribution in [1.82, 2.24) is 0 Å². The second-order valence-corrected chi connectivity index (χ2v) is 5.74. The number of ether oxygens (including phenoxy) is 2. The summed E-state index contributed by atoms with van der Waals surface area (Å²) >= 11 is 2.31. The molecule has 4 heteroatoms. The highest BCUT2D eigenvalue weighted by Crippen LogP contribution is 2.08. The zero-order chi connectivity index (χ0) is 13.8. The van der Waals surface area contributed by atoms with Crippen molar-refractivity contribution in [3.8, 4) is 0 Å². The lowest BCUT2D eigenvalue weighted by Gasteiger charge is -2.06. The summed E-state index contributed by atoms with van der Waals surface area (Å²) in [6, 6.07) is 8.36. The molecule has 0 aromatic heterocycles. The quantitative estimate of drug-likeness (QED) is 0.475. The van der Waals surface area contributed by atoms with Crippen LogP contribution in [0.3, 0.4) is 0 Å². The molecule has 0 unspecified atom stereocenters. The van der Waals surface area contributed by atoms with E-state index in [4.69, 9.17) is 15.2 Å². The van der Waals surface area contributed by atoms with Gasteiger partial charge >= 0.3 is 0 Å². The highest BCUT2D eigenvalue weighted by atomic mass is 127. The summed E-state index contributed by atoms with van der Waals surface area (Å²) < 4.78 is 12.3. The van der Waals surface area contributed by atoms with E-state index in [0.717, 1.165) is 26.0 Å². The molecule has 0 atom stereocenters. The minimum absolute atomic E-state index is 0.661. The normalized spacial score (nSPS) is 10.8. The second kappa shape index (κ2) is 11.6. The van der Waals surface area contributed by atoms with Crippen LogP contribution in [0.1, 0.15) is 31.2 Å². The number of halogens is 1. The first-order valence-electron chi connectivity index (χ1n) is 6.93. The molecular weight excluding hydrogens is 353 g/mol. The lowest BCUT2D eigenvalue weighted by molar-refractivity contribution is 0.0393. The standard InChI is InChI=1S/C15H24INO2/c16-15-7-5-6-14(12-15)13-19-11-10-18-9-4-2-1-3-8-17/h5-7,12H,1-4,8-11,13,17H2. The highest BCUT2D eigenvalue weighted by molar-refractivity contribution is 14.1. The molecule has 0 saturated heterocycles. The van der Waals surface area contributed by atoms with Crippen molar-refractivity contribution in [1.29, 1.82) is 0 Å². The summed E-state index contributed by atoms with van der Waals surface area (Å²) in [5.41, 5.74) is 6.65. The zero-order valence-electron chi connectivity index (χ0n) is 11.4. The van der Waals surface area contributed by atoms with Gasteiger partial charge in [0, 0.05) is 10.2 Å². The van der Waals surface area contributed by atoms with Crippen LogP contribution in [0.25, 0.3) is 0 Å². The number of rotatable bonds is 11. The fourth-order valence-corrected chi connectivity index (χ4v) is 2.35. The molecule has 0 saturated carbocycles. The Balaban J connectivity index is 1.89. The lowest BCUT2D eigenvalue weighted by Crippen LogP contribution is -2.05. The maximum atomic E-state index is 5.57. The van der Waals surface area contributed by atoms with Crippen molar-refractivity contribution in [3.63, 3.8) is 0 Å². The summed E-state index contributed by atoms with van der Waals surface area (Å²) in [7, 11) is 0. The average Bonchev–Trinajstić information content (AvgIpc) is 2.41. The van der Waals surface area contributed by atoms with Crippen LogP contribution in [0.2, 0.25) is 0 Å². The molecule has 19 heavy (non-hydrogen) atoms. The largest absolute Gasteiger partial charge is 0.379 e. The number of hydrogen-bond acceptors (Lipinski definition) is 3. The average molecular weight is 377 g/mol. The van der Waals surface area contributed by atoms with E-state index in [1.807, 2.05) is 0 Å². The van der Waals surface area contributed by atoms with E-state index in [1.165, 1.54) is 22.0 Å². The van der Waals surface area contributed by atoms with Gasteiger partial charge in [-0.25, -0.2) is 0 Å². The van der Waals surface area contributed by atoms with E-state index >= 15 is 0 Å². The lowest BCUT2D eigenvalue weighted by atomic mass is 10.2. The van der Waals surface area contributed by atoms with Crippen molar-refractivity contribution < 1.29 is 9.47 Å². The molecule has 1 aromatic carbocycles. The summed E-state index contributed by atoms with van der Waals surface area (Å²) in [4.78, 5) is 0. The first-order chi connectivity index (χ1) is 9.33. The van der Waals surface area contributed by atoms with E-state index in [0.29, 0.717) is 19.8 Å². The number of nitrogens with two attached hydrogens (primary N) is 1. The molecule has 0 amide bonds. The molecule has 0 heterocycles. The van der Waals surface area contributed by atoms with Gasteiger partial charge in [0.15, 0.2) is 0 Å². The Kier molecular flexibility index (Phi) is 10.3. The number of unbranched alkanes of at least 4 members (excludes halogenated alkanes) is 3. The summed E-state index contributed by atoms with van der Waals surface area (Å²) in [5.74, 6) is 0. The van der Waals surface area contributed by atoms with Gasteiger partial charge in [-0.3, -0.25) is 0 Å². The van der Waals surface area contributed by atoms with Crippen molar-refractivity contribution in [2.24, 2.45) is 5.73 Å². The Labute approximate surface area is 130 Å². The van der Waals surface area contributed by atoms with Crippen LogP contribution >= 0.6 is 22.6 Å². The zero-order valence-corrected chi connectivity index (χ0v) is 13.6. The maximum absolute atomic E-state index is 5.57. The van der Waals surface area contributed by atoms with Crippen LogP contribution in [0.15, 0.2) is 24.3 Å². The Bertz CT molecular complexity index is 334. The molecule has 2 N–H and O–H groups in total. The maximum Gasteiger partial charge on any atom is 0.0718 e. The van der Waals surface area contributed by atoms with E-state index in [2.05, 4.69) is 46.9 Å². The van der Waals surface area contributed by atoms with Gasteiger partial charge in [-0.2, -0.15) is 0 Å². The van der Waals surface area contributed by atoms with Crippen LogP contribution < -0.4 is 5.73 Å². The summed E-state index contributed by atoms with van der Waals surface area (Å²) in [6.45, 7) is 3.63. The van der Waals surface area contributed by atoms with Gasteiger partial charge in [0.25, 0.3) is 0 Å². The molecule has 0 spiro atoms. The van der Waals surface area contributed by atoms with Crippen molar-refractivity contribution in [2.75, 3.05) is 26.4 Å². The Morgan fingerprint density at radius 3 is 2.53 bits per heavy atom. The fourth-order valence-electron chi connectivity index (χ4n) is 1.74. The van der Waals surface area contributed by atoms with Gasteiger partial charge in [0.05, 0.1) is 19.8 Å². The molecule has 3 nitrogen and oxygen atoms in total. The third-order valence-electron chi connectivity index (χ3n) is 2.77. The smallest absolute Gasteiger partial charge is 0.0718 e. The Morgan fingerprint density at radius 2 is 1.74 bits per heavy atom. The monoisotopic (exact) mass is 377 g/mol. The molecule has 0 aliphatic carbocycles. The minimum atomic E-state index is 0.661. The molecule has 0 aliphatic heterocycles. The highest BCUT2D eigenvalue weighted by Gasteiger charge is 1.95. The summed E-state index contributed by atoms with van der Waals surface area (Å²) in [5, 5.41) is 0. The number of benzene rings is 1. The SMILES string of the molecule is NCCCCCCOCCOCc1cccc(I)c1. The third-order valence-corrected chi connectivity index (χ3v) is 3.44. The molecule has 0 bridgehead atoms. The second-order valence-electron chi connectivity index (χ2n) is 4.50. The molecule has 0 fully saturated rings. The van der Waals surface area contributed by atoms with Crippen LogP contribution in [-0.4, -0.2) is 26.4 Å². The fraction of sp³-hybridized carbons (Fsp3) is 0.600. The van der Waals surface area contributed by atoms with Crippen LogP contribution in [0, 0.1) is 3.57 Å². The van der Waals surface area contributed by atoms with Crippen molar-refractivity contribution in [3.05, 3.63) is 33.4 Å². The van der Waals surface area contributed by atoms with Gasteiger partial charge < -0.3 is 15.2 Å². The molecule has 0 aliphatic rings. The van der Waals surface area contributed by atoms with E-state index in [1.54, 1.807) is 0 Å². The molecule has 108 valence electrons. The Hall–Kier alpha value is -0.170. The molecular formula is C15H24INO2. The van der Waals surface area contributed by atoms with Crippen LogP contribution in [-0.2, 0) is 16.1 Å². The van der Waals surface area contributed by atoms with E-state index < -0.39 is 0 Å². The van der Waals surface area contributed by atoms with Gasteiger partial charge in [0.2, 0.25) is 0 Å². The molecule has 1 rings (SSSR count). The van der Waals surface area contributed by atoms with E-state index in [9.17, 15) is 0 Å². The van der Waals surface area contributed by atoms with Crippen LogP contribution in [0.4, 0.5) is 0 Å². The first kappa shape index (κ1) is 16.9. The van der Waals surface area contributed by atoms with Gasteiger partial charge in [-0.05, 0) is 59.7 Å². The third kappa shape index (κ3) is 9.38. The van der Waals surface area contributed by atoms with Gasteiger partial charge in [-0.15, -0.1) is 0 Å². The molecule has 1 aromatic rings. The summed E-state index contributed by atoms with van der Waals surface area (Å²) in [6.07, 6.45) is 4.67. The van der Waals surface area contributed by atoms with E-state index in [-0.39, 0.29) is 0 Å². The predicted molar refractivity (Wildman–Crippen MR) is 87.2 cm³/mol. The van der Waals surface area contributed by atoms with Gasteiger partial charge in [0.1, 0.15) is 0 Å². The topological polar surface area (TPSA) is 44.5 Å². The minimum Gasteiger partial charge on any atom is -0.379 e. The first-order valence-corrected chi connectivity index (χ1v) is 8.01.